The Morgan fingerprint density at radius 3 is 2.25 bits per heavy atom. The minimum Gasteiger partial charge on any atom is -0.397 e. The number of rotatable bonds is 3. The third kappa shape index (κ3) is 3.76. The van der Waals surface area contributed by atoms with Gasteiger partial charge in [-0.05, 0) is 48.9 Å². The Morgan fingerprint density at radius 1 is 1.12 bits per heavy atom. The molecule has 1 aromatic rings. The molecule has 0 unspecified atom stereocenters. The van der Waals surface area contributed by atoms with E-state index < -0.39 is 0 Å². The van der Waals surface area contributed by atoms with Gasteiger partial charge in [0.1, 0.15) is 0 Å². The van der Waals surface area contributed by atoms with Gasteiger partial charge in [-0.1, -0.05) is 20.8 Å². The van der Waals surface area contributed by atoms with E-state index >= 15 is 0 Å². The number of anilines is 2. The molecule has 3 N–H and O–H groups in total. The van der Waals surface area contributed by atoms with Crippen molar-refractivity contribution in [2.45, 2.75) is 41.0 Å². The predicted octanol–water partition coefficient (Wildman–Crippen LogP) is 3.73. The highest BCUT2D eigenvalue weighted by Gasteiger charge is 2.09. The van der Waals surface area contributed by atoms with Crippen LogP contribution in [0.15, 0.2) is 12.1 Å². The van der Waals surface area contributed by atoms with Gasteiger partial charge in [-0.2, -0.15) is 0 Å². The minimum absolute atomic E-state index is 0.363. The first-order valence-corrected chi connectivity index (χ1v) is 5.90. The molecule has 0 fully saturated rings. The standard InChI is InChI=1S/C14H24N2/c1-10-8-12(15)13(9-11(10)2)16-7-6-14(3,4)5/h8-9,16H,6-7,15H2,1-5H3. The lowest BCUT2D eigenvalue weighted by molar-refractivity contribution is 0.390. The van der Waals surface area contributed by atoms with E-state index in [1.54, 1.807) is 0 Å². The van der Waals surface area contributed by atoms with Gasteiger partial charge in [-0.25, -0.2) is 0 Å². The van der Waals surface area contributed by atoms with Crippen molar-refractivity contribution in [1.29, 1.82) is 0 Å². The van der Waals surface area contributed by atoms with Crippen LogP contribution in [0.1, 0.15) is 38.3 Å². The van der Waals surface area contributed by atoms with Crippen LogP contribution in [0.25, 0.3) is 0 Å². The zero-order valence-corrected chi connectivity index (χ0v) is 11.1. The van der Waals surface area contributed by atoms with Crippen molar-refractivity contribution in [2.75, 3.05) is 17.6 Å². The van der Waals surface area contributed by atoms with E-state index in [-0.39, 0.29) is 0 Å². The molecule has 0 bridgehead atoms. The van der Waals surface area contributed by atoms with Crippen LogP contribution in [0.3, 0.4) is 0 Å². The van der Waals surface area contributed by atoms with Gasteiger partial charge in [0.2, 0.25) is 0 Å². The van der Waals surface area contributed by atoms with Gasteiger partial charge < -0.3 is 11.1 Å². The van der Waals surface area contributed by atoms with Crippen molar-refractivity contribution < 1.29 is 0 Å². The molecule has 0 saturated carbocycles. The van der Waals surface area contributed by atoms with Crippen LogP contribution >= 0.6 is 0 Å². The summed E-state index contributed by atoms with van der Waals surface area (Å²) in [5, 5.41) is 3.41. The SMILES string of the molecule is Cc1cc(N)c(NCCC(C)(C)C)cc1C. The highest BCUT2D eigenvalue weighted by atomic mass is 14.9. The number of hydrogen-bond acceptors (Lipinski definition) is 2. The lowest BCUT2D eigenvalue weighted by Crippen LogP contribution is -2.13. The van der Waals surface area contributed by atoms with Gasteiger partial charge in [-0.15, -0.1) is 0 Å². The first kappa shape index (κ1) is 12.9. The van der Waals surface area contributed by atoms with Crippen LogP contribution in [-0.4, -0.2) is 6.54 Å². The molecule has 1 aromatic carbocycles. The van der Waals surface area contributed by atoms with Gasteiger partial charge in [0.15, 0.2) is 0 Å². The zero-order valence-electron chi connectivity index (χ0n) is 11.1. The third-order valence-corrected chi connectivity index (χ3v) is 2.86. The van der Waals surface area contributed by atoms with Crippen LogP contribution < -0.4 is 11.1 Å². The van der Waals surface area contributed by atoms with Crippen molar-refractivity contribution in [1.82, 2.24) is 0 Å². The average Bonchev–Trinajstić information content (AvgIpc) is 2.11. The van der Waals surface area contributed by atoms with E-state index in [4.69, 9.17) is 5.73 Å². The summed E-state index contributed by atoms with van der Waals surface area (Å²) >= 11 is 0. The molecule has 0 aromatic heterocycles. The largest absolute Gasteiger partial charge is 0.397 e. The fraction of sp³-hybridized carbons (Fsp3) is 0.571. The maximum absolute atomic E-state index is 5.98. The summed E-state index contributed by atoms with van der Waals surface area (Å²) in [5.74, 6) is 0. The van der Waals surface area contributed by atoms with Gasteiger partial charge in [0, 0.05) is 6.54 Å². The second kappa shape index (κ2) is 4.77. The Morgan fingerprint density at radius 2 is 1.69 bits per heavy atom. The normalized spacial score (nSPS) is 11.6. The molecule has 0 radical (unpaired) electrons. The van der Waals surface area contributed by atoms with Crippen LogP contribution in [0, 0.1) is 19.3 Å². The summed E-state index contributed by atoms with van der Waals surface area (Å²) in [4.78, 5) is 0. The molecule has 0 heterocycles. The predicted molar refractivity (Wildman–Crippen MR) is 72.9 cm³/mol. The molecule has 90 valence electrons. The number of benzene rings is 1. The van der Waals surface area contributed by atoms with E-state index in [2.05, 4.69) is 46.0 Å². The van der Waals surface area contributed by atoms with Crippen LogP contribution in [0.4, 0.5) is 11.4 Å². The Balaban J connectivity index is 2.64. The molecular formula is C14H24N2. The molecule has 1 rings (SSSR count). The third-order valence-electron chi connectivity index (χ3n) is 2.86. The molecule has 0 aliphatic rings. The molecule has 0 atom stereocenters. The van der Waals surface area contributed by atoms with Gasteiger partial charge >= 0.3 is 0 Å². The van der Waals surface area contributed by atoms with E-state index in [1.165, 1.54) is 11.1 Å². The lowest BCUT2D eigenvalue weighted by atomic mass is 9.92. The van der Waals surface area contributed by atoms with Crippen LogP contribution in [0.5, 0.6) is 0 Å². The van der Waals surface area contributed by atoms with Gasteiger partial charge in [-0.3, -0.25) is 0 Å². The highest BCUT2D eigenvalue weighted by Crippen LogP contribution is 2.24. The molecule has 0 aliphatic heterocycles. The van der Waals surface area contributed by atoms with E-state index in [1.807, 2.05) is 6.07 Å². The van der Waals surface area contributed by atoms with Crippen molar-refractivity contribution in [3.63, 3.8) is 0 Å². The van der Waals surface area contributed by atoms with Crippen molar-refractivity contribution in [3.05, 3.63) is 23.3 Å². The minimum atomic E-state index is 0.363. The Hall–Kier alpha value is -1.18. The molecule has 2 nitrogen and oxygen atoms in total. The number of aryl methyl sites for hydroxylation is 2. The summed E-state index contributed by atoms with van der Waals surface area (Å²) in [6, 6.07) is 4.17. The first-order valence-electron chi connectivity index (χ1n) is 5.90. The molecule has 0 spiro atoms. The maximum Gasteiger partial charge on any atom is 0.0576 e. The van der Waals surface area contributed by atoms with Crippen molar-refractivity contribution in [3.8, 4) is 0 Å². The number of nitrogens with one attached hydrogen (secondary N) is 1. The number of hydrogen-bond donors (Lipinski definition) is 2. The molecule has 0 amide bonds. The fourth-order valence-corrected chi connectivity index (χ4v) is 1.56. The zero-order chi connectivity index (χ0) is 12.3. The smallest absolute Gasteiger partial charge is 0.0576 e. The maximum atomic E-state index is 5.98. The number of nitrogen functional groups attached to an aromatic ring is 1. The Kier molecular flexibility index (Phi) is 3.84. The fourth-order valence-electron chi connectivity index (χ4n) is 1.56. The topological polar surface area (TPSA) is 38.0 Å². The Labute approximate surface area is 99.2 Å². The van der Waals surface area contributed by atoms with Crippen molar-refractivity contribution in [2.24, 2.45) is 5.41 Å². The van der Waals surface area contributed by atoms with Gasteiger partial charge in [0.05, 0.1) is 11.4 Å². The molecular weight excluding hydrogens is 196 g/mol. The molecule has 16 heavy (non-hydrogen) atoms. The van der Waals surface area contributed by atoms with Crippen molar-refractivity contribution >= 4 is 11.4 Å². The second-order valence-corrected chi connectivity index (χ2v) is 5.76. The first-order chi connectivity index (χ1) is 7.29. The van der Waals surface area contributed by atoms with E-state index in [0.717, 1.165) is 24.3 Å². The van der Waals surface area contributed by atoms with E-state index in [9.17, 15) is 0 Å². The highest BCUT2D eigenvalue weighted by molar-refractivity contribution is 5.68. The summed E-state index contributed by atoms with van der Waals surface area (Å²) in [6.45, 7) is 11.9. The van der Waals surface area contributed by atoms with Crippen LogP contribution in [0.2, 0.25) is 0 Å². The monoisotopic (exact) mass is 220 g/mol. The Bertz CT molecular complexity index is 362. The average molecular weight is 220 g/mol. The summed E-state index contributed by atoms with van der Waals surface area (Å²) in [6.07, 6.45) is 1.14. The second-order valence-electron chi connectivity index (χ2n) is 5.76. The quantitative estimate of drug-likeness (QED) is 0.762. The summed E-state index contributed by atoms with van der Waals surface area (Å²) < 4.78 is 0. The van der Waals surface area contributed by atoms with Gasteiger partial charge in [0.25, 0.3) is 0 Å². The molecule has 0 aliphatic carbocycles. The van der Waals surface area contributed by atoms with Crippen LogP contribution in [-0.2, 0) is 0 Å². The molecule has 0 saturated heterocycles. The lowest BCUT2D eigenvalue weighted by Gasteiger charge is -2.19. The van der Waals surface area contributed by atoms with E-state index in [0.29, 0.717) is 5.41 Å². The number of nitrogens with two attached hydrogens (primary N) is 1. The summed E-state index contributed by atoms with van der Waals surface area (Å²) in [7, 11) is 0. The molecule has 2 heteroatoms. The summed E-state index contributed by atoms with van der Waals surface area (Å²) in [5.41, 5.74) is 10.8.